The van der Waals surface area contributed by atoms with E-state index in [0.717, 1.165) is 26.1 Å². The van der Waals surface area contributed by atoms with E-state index in [0.29, 0.717) is 11.7 Å². The van der Waals surface area contributed by atoms with E-state index in [-0.39, 0.29) is 17.2 Å². The van der Waals surface area contributed by atoms with E-state index in [2.05, 4.69) is 43.7 Å². The summed E-state index contributed by atoms with van der Waals surface area (Å²) in [6.45, 7) is 13.4. The van der Waals surface area contributed by atoms with Crippen molar-refractivity contribution < 1.29 is 13.9 Å². The lowest BCUT2D eigenvalue weighted by molar-refractivity contribution is 0.238. The third kappa shape index (κ3) is 4.31. The normalized spacial score (nSPS) is 19.4. The molecule has 2 rings (SSSR count). The highest BCUT2D eigenvalue weighted by atomic mass is 28.4. The van der Waals surface area contributed by atoms with Gasteiger partial charge in [-0.25, -0.2) is 4.98 Å². The number of nitrogens with zero attached hydrogens (tertiary/aromatic N) is 2. The second-order valence-corrected chi connectivity index (χ2v) is 12.8. The summed E-state index contributed by atoms with van der Waals surface area (Å²) in [5, 5.41) is 9.24. The van der Waals surface area contributed by atoms with Crippen LogP contribution in [0.4, 0.5) is 10.2 Å². The van der Waals surface area contributed by atoms with Crippen LogP contribution in [0.15, 0.2) is 12.1 Å². The van der Waals surface area contributed by atoms with E-state index < -0.39 is 14.3 Å². The number of aromatic nitrogens is 1. The predicted molar refractivity (Wildman–Crippen MR) is 93.6 cm³/mol. The molecule has 6 heteroatoms. The smallest absolute Gasteiger partial charge is 0.220 e. The van der Waals surface area contributed by atoms with Crippen molar-refractivity contribution in [2.45, 2.75) is 51.9 Å². The summed E-state index contributed by atoms with van der Waals surface area (Å²) in [7, 11) is -1.72. The molecule has 0 aliphatic carbocycles. The molecule has 1 saturated heterocycles. The molecular weight excluding hydrogens is 311 g/mol. The highest BCUT2D eigenvalue weighted by molar-refractivity contribution is 6.74. The van der Waals surface area contributed by atoms with Crippen LogP contribution in [0.3, 0.4) is 0 Å². The van der Waals surface area contributed by atoms with Gasteiger partial charge in [-0.1, -0.05) is 20.8 Å². The van der Waals surface area contributed by atoms with Gasteiger partial charge in [-0.2, -0.15) is 4.39 Å². The Kier molecular flexibility index (Phi) is 5.48. The molecule has 0 unspecified atom stereocenters. The van der Waals surface area contributed by atoms with Crippen LogP contribution in [-0.4, -0.2) is 38.1 Å². The number of halogens is 1. The number of aliphatic hydroxyl groups is 1. The molecular formula is C17H29FN2O2Si. The molecule has 130 valence electrons. The van der Waals surface area contributed by atoms with Crippen LogP contribution in [0.2, 0.25) is 18.1 Å². The molecule has 1 aromatic rings. The summed E-state index contributed by atoms with van der Waals surface area (Å²) in [6, 6.07) is 3.39. The third-order valence-corrected chi connectivity index (χ3v) is 9.68. The molecule has 1 N–H and O–H groups in total. The minimum Gasteiger partial charge on any atom is -0.416 e. The quantitative estimate of drug-likeness (QED) is 0.657. The summed E-state index contributed by atoms with van der Waals surface area (Å²) in [6.07, 6.45) is 1.04. The summed E-state index contributed by atoms with van der Waals surface area (Å²) in [4.78, 5) is 6.08. The van der Waals surface area contributed by atoms with Crippen LogP contribution in [0.1, 0.15) is 32.8 Å². The first kappa shape index (κ1) is 18.4. The molecule has 1 aromatic heterocycles. The Bertz CT molecular complexity index is 546. The van der Waals surface area contributed by atoms with Crippen LogP contribution in [0, 0.1) is 11.9 Å². The monoisotopic (exact) mass is 340 g/mol. The average molecular weight is 341 g/mol. The summed E-state index contributed by atoms with van der Waals surface area (Å²) in [5.74, 6) is 0.534. The topological polar surface area (TPSA) is 45.6 Å². The number of hydrogen-bond acceptors (Lipinski definition) is 4. The molecule has 1 aliphatic rings. The van der Waals surface area contributed by atoms with Crippen molar-refractivity contribution in [1.82, 2.24) is 4.98 Å². The number of anilines is 1. The summed E-state index contributed by atoms with van der Waals surface area (Å²) >= 11 is 0. The van der Waals surface area contributed by atoms with E-state index >= 15 is 0 Å². The predicted octanol–water partition coefficient (Wildman–Crippen LogP) is 3.56. The molecule has 0 spiro atoms. The van der Waals surface area contributed by atoms with Crippen molar-refractivity contribution in [2.75, 3.05) is 24.6 Å². The average Bonchev–Trinajstić information content (AvgIpc) is 2.93. The zero-order chi connectivity index (χ0) is 17.3. The Morgan fingerprint density at radius 1 is 1.39 bits per heavy atom. The van der Waals surface area contributed by atoms with Crippen LogP contribution in [0.25, 0.3) is 0 Å². The van der Waals surface area contributed by atoms with Crippen molar-refractivity contribution in [3.63, 3.8) is 0 Å². The molecule has 1 atom stereocenters. The van der Waals surface area contributed by atoms with E-state index in [1.54, 1.807) is 12.1 Å². The minimum atomic E-state index is -1.72. The standard InChI is InChI=1S/C17H29FN2O2Si/c1-17(2,3)23(4,5)22-12-13-8-9-20(10-13)15-7-6-14(11-21)16(18)19-15/h6-7,13,21H,8-12H2,1-5H3/t13-/m1/s1. The van der Waals surface area contributed by atoms with Crippen molar-refractivity contribution in [3.8, 4) is 0 Å². The molecule has 0 bridgehead atoms. The van der Waals surface area contributed by atoms with Gasteiger partial charge >= 0.3 is 0 Å². The highest BCUT2D eigenvalue weighted by Gasteiger charge is 2.38. The van der Waals surface area contributed by atoms with Crippen molar-refractivity contribution in [1.29, 1.82) is 0 Å². The van der Waals surface area contributed by atoms with Gasteiger partial charge in [0.25, 0.3) is 0 Å². The fraction of sp³-hybridized carbons (Fsp3) is 0.706. The Hall–Kier alpha value is -0.983. The second-order valence-electron chi connectivity index (χ2n) is 7.95. The fourth-order valence-corrected chi connectivity index (χ4v) is 3.55. The molecule has 0 amide bonds. The number of aliphatic hydroxyl groups excluding tert-OH is 1. The van der Waals surface area contributed by atoms with Crippen molar-refractivity contribution in [3.05, 3.63) is 23.6 Å². The molecule has 23 heavy (non-hydrogen) atoms. The first-order valence-electron chi connectivity index (χ1n) is 8.29. The first-order chi connectivity index (χ1) is 10.6. The zero-order valence-corrected chi connectivity index (χ0v) is 15.9. The Morgan fingerprint density at radius 3 is 2.65 bits per heavy atom. The van der Waals surface area contributed by atoms with Gasteiger partial charge in [0.15, 0.2) is 8.32 Å². The van der Waals surface area contributed by atoms with Crippen LogP contribution >= 0.6 is 0 Å². The number of hydrogen-bond donors (Lipinski definition) is 1. The van der Waals surface area contributed by atoms with E-state index in [9.17, 15) is 4.39 Å². The molecule has 1 fully saturated rings. The van der Waals surface area contributed by atoms with Gasteiger partial charge in [0.2, 0.25) is 5.95 Å². The van der Waals surface area contributed by atoms with Crippen LogP contribution in [-0.2, 0) is 11.0 Å². The second kappa shape index (κ2) is 6.87. The molecule has 4 nitrogen and oxygen atoms in total. The van der Waals surface area contributed by atoms with Crippen LogP contribution < -0.4 is 4.90 Å². The van der Waals surface area contributed by atoms with Gasteiger partial charge < -0.3 is 14.4 Å². The first-order valence-corrected chi connectivity index (χ1v) is 11.2. The SMILES string of the molecule is CC(C)(C)[Si](C)(C)OC[C@@H]1CCN(c2ccc(CO)c(F)n2)C1. The molecule has 1 aliphatic heterocycles. The number of pyridine rings is 1. The summed E-state index contributed by atoms with van der Waals surface area (Å²) in [5.41, 5.74) is 0.241. The van der Waals surface area contributed by atoms with E-state index in [1.165, 1.54) is 0 Å². The van der Waals surface area contributed by atoms with E-state index in [1.807, 2.05) is 0 Å². The molecule has 0 aromatic carbocycles. The van der Waals surface area contributed by atoms with Crippen molar-refractivity contribution >= 4 is 14.1 Å². The Balaban J connectivity index is 1.93. The van der Waals surface area contributed by atoms with Crippen LogP contribution in [0.5, 0.6) is 0 Å². The van der Waals surface area contributed by atoms with Gasteiger partial charge in [0.05, 0.1) is 6.61 Å². The van der Waals surface area contributed by atoms with Gasteiger partial charge in [0, 0.05) is 31.2 Å². The maximum absolute atomic E-state index is 13.7. The lowest BCUT2D eigenvalue weighted by atomic mass is 10.1. The maximum atomic E-state index is 13.7. The van der Waals surface area contributed by atoms with Gasteiger partial charge in [-0.15, -0.1) is 0 Å². The fourth-order valence-electron chi connectivity index (χ4n) is 2.47. The maximum Gasteiger partial charge on any atom is 0.220 e. The lowest BCUT2D eigenvalue weighted by Crippen LogP contribution is -2.42. The highest BCUT2D eigenvalue weighted by Crippen LogP contribution is 2.37. The largest absolute Gasteiger partial charge is 0.416 e. The molecule has 0 radical (unpaired) electrons. The van der Waals surface area contributed by atoms with Gasteiger partial charge in [-0.3, -0.25) is 0 Å². The summed E-state index contributed by atoms with van der Waals surface area (Å²) < 4.78 is 20.0. The molecule has 2 heterocycles. The van der Waals surface area contributed by atoms with E-state index in [4.69, 9.17) is 9.53 Å². The zero-order valence-electron chi connectivity index (χ0n) is 14.9. The Labute approximate surface area is 139 Å². The third-order valence-electron chi connectivity index (χ3n) is 5.18. The minimum absolute atomic E-state index is 0.218. The Morgan fingerprint density at radius 2 is 2.09 bits per heavy atom. The van der Waals surface area contributed by atoms with Gasteiger partial charge in [-0.05, 0) is 36.7 Å². The number of rotatable bonds is 5. The lowest BCUT2D eigenvalue weighted by Gasteiger charge is -2.37. The van der Waals surface area contributed by atoms with Crippen molar-refractivity contribution in [2.24, 2.45) is 5.92 Å². The molecule has 0 saturated carbocycles. The van der Waals surface area contributed by atoms with Gasteiger partial charge in [0.1, 0.15) is 5.82 Å².